The molecule has 0 unspecified atom stereocenters. The van der Waals surface area contributed by atoms with Gasteiger partial charge in [-0.05, 0) is 60.3 Å². The molecule has 0 aromatic heterocycles. The number of methoxy groups -OCH3 is 1. The number of amides is 1. The molecule has 0 aliphatic rings. The average Bonchev–Trinajstić information content (AvgIpc) is 3.01. The van der Waals surface area contributed by atoms with Gasteiger partial charge in [0, 0.05) is 23.2 Å². The molecule has 12 nitrogen and oxygen atoms in total. The lowest BCUT2D eigenvalue weighted by Gasteiger charge is -2.12. The summed E-state index contributed by atoms with van der Waals surface area (Å²) in [6.45, 7) is 1.84. The Morgan fingerprint density at radius 3 is 2.34 bits per heavy atom. The van der Waals surface area contributed by atoms with Gasteiger partial charge < -0.3 is 19.3 Å². The Hall–Kier alpha value is -5.82. The number of para-hydroxylation sites is 1. The van der Waals surface area contributed by atoms with E-state index in [2.05, 4.69) is 15.5 Å². The number of aryl methyl sites for hydroxylation is 1. The molecule has 5 aromatic carbocycles. The van der Waals surface area contributed by atoms with Gasteiger partial charge in [0.25, 0.3) is 11.6 Å². The maximum absolute atomic E-state index is 13.2. The van der Waals surface area contributed by atoms with Crippen molar-refractivity contribution in [3.05, 3.63) is 118 Å². The maximum atomic E-state index is 13.2. The molecule has 5 aromatic rings. The molecule has 13 heteroatoms. The van der Waals surface area contributed by atoms with Crippen LogP contribution in [0.5, 0.6) is 17.2 Å². The Bertz CT molecular complexity index is 2040. The summed E-state index contributed by atoms with van der Waals surface area (Å²) >= 11 is 0. The highest BCUT2D eigenvalue weighted by Gasteiger charge is 2.22. The number of azo groups is 1. The number of carbonyl (C=O) groups is 1. The van der Waals surface area contributed by atoms with Gasteiger partial charge in [0.2, 0.25) is 0 Å². The van der Waals surface area contributed by atoms with Crippen LogP contribution in [0.2, 0.25) is 0 Å². The number of anilines is 1. The van der Waals surface area contributed by atoms with Crippen molar-refractivity contribution in [2.45, 2.75) is 11.8 Å². The SMILES string of the molecule is COc1ccc(S(=O)(=O)Oc2ccc([N+](=O)[O-])cc2)cc1N=Nc1c(O)c(C(=O)Nc2ccccc2C)cc2ccccc12. The lowest BCUT2D eigenvalue weighted by molar-refractivity contribution is -0.384. The Kier molecular flexibility index (Phi) is 8.22. The van der Waals surface area contributed by atoms with Crippen molar-refractivity contribution >= 4 is 49.5 Å². The second-order valence-electron chi connectivity index (χ2n) is 9.43. The number of nitro benzene ring substituents is 1. The molecule has 0 fully saturated rings. The van der Waals surface area contributed by atoms with Crippen LogP contribution in [0.4, 0.5) is 22.7 Å². The molecular formula is C31H24N4O8S. The van der Waals surface area contributed by atoms with E-state index >= 15 is 0 Å². The van der Waals surface area contributed by atoms with Crippen molar-refractivity contribution in [1.82, 2.24) is 0 Å². The van der Waals surface area contributed by atoms with Gasteiger partial charge in [-0.15, -0.1) is 10.2 Å². The van der Waals surface area contributed by atoms with Gasteiger partial charge in [0.1, 0.15) is 27.8 Å². The first-order valence-electron chi connectivity index (χ1n) is 13.0. The summed E-state index contributed by atoms with van der Waals surface area (Å²) in [6, 6.07) is 24.0. The molecule has 0 saturated carbocycles. The second-order valence-corrected chi connectivity index (χ2v) is 11.0. The monoisotopic (exact) mass is 612 g/mol. The first kappa shape index (κ1) is 29.7. The lowest BCUT2D eigenvalue weighted by Crippen LogP contribution is -2.13. The van der Waals surface area contributed by atoms with E-state index in [1.165, 1.54) is 19.2 Å². The van der Waals surface area contributed by atoms with E-state index in [0.717, 1.165) is 35.9 Å². The summed E-state index contributed by atoms with van der Waals surface area (Å²) < 4.78 is 36.5. The summed E-state index contributed by atoms with van der Waals surface area (Å²) in [4.78, 5) is 23.2. The summed E-state index contributed by atoms with van der Waals surface area (Å²) in [5.41, 5.74) is 1.11. The van der Waals surface area contributed by atoms with Crippen LogP contribution in [0.3, 0.4) is 0 Å². The number of phenols is 1. The Morgan fingerprint density at radius 2 is 1.64 bits per heavy atom. The molecule has 44 heavy (non-hydrogen) atoms. The van der Waals surface area contributed by atoms with Crippen LogP contribution < -0.4 is 14.2 Å². The zero-order valence-corrected chi connectivity index (χ0v) is 24.1. The number of fused-ring (bicyclic) bond motifs is 1. The largest absolute Gasteiger partial charge is 0.505 e. The zero-order chi connectivity index (χ0) is 31.4. The van der Waals surface area contributed by atoms with Gasteiger partial charge in [0.05, 0.1) is 17.6 Å². The highest BCUT2D eigenvalue weighted by atomic mass is 32.2. The molecule has 0 bridgehead atoms. The summed E-state index contributed by atoms with van der Waals surface area (Å²) in [5.74, 6) is -0.956. The first-order valence-corrected chi connectivity index (χ1v) is 14.4. The first-order chi connectivity index (χ1) is 21.1. The third-order valence-electron chi connectivity index (χ3n) is 6.58. The Balaban J connectivity index is 1.51. The fraction of sp³-hybridized carbons (Fsp3) is 0.0645. The van der Waals surface area contributed by atoms with E-state index in [9.17, 15) is 28.4 Å². The number of hydrogen-bond acceptors (Lipinski definition) is 10. The van der Waals surface area contributed by atoms with E-state index in [-0.39, 0.29) is 39.0 Å². The quantitative estimate of drug-likeness (QED) is 0.0761. The average molecular weight is 613 g/mol. The van der Waals surface area contributed by atoms with Crippen LogP contribution in [0.15, 0.2) is 112 Å². The summed E-state index contributed by atoms with van der Waals surface area (Å²) in [7, 11) is -3.04. The molecule has 0 spiro atoms. The van der Waals surface area contributed by atoms with Crippen molar-refractivity contribution in [3.63, 3.8) is 0 Å². The third kappa shape index (κ3) is 6.17. The van der Waals surface area contributed by atoms with Crippen molar-refractivity contribution < 1.29 is 32.2 Å². The molecular weight excluding hydrogens is 588 g/mol. The topological polar surface area (TPSA) is 170 Å². The minimum Gasteiger partial charge on any atom is -0.505 e. The lowest BCUT2D eigenvalue weighted by atomic mass is 10.0. The van der Waals surface area contributed by atoms with Crippen molar-refractivity contribution in [2.75, 3.05) is 12.4 Å². The van der Waals surface area contributed by atoms with Crippen LogP contribution in [0.1, 0.15) is 15.9 Å². The maximum Gasteiger partial charge on any atom is 0.339 e. The number of non-ortho nitro benzene ring substituents is 1. The van der Waals surface area contributed by atoms with Gasteiger partial charge in [0.15, 0.2) is 5.75 Å². The fourth-order valence-electron chi connectivity index (χ4n) is 4.30. The molecule has 0 aliphatic heterocycles. The molecule has 2 N–H and O–H groups in total. The van der Waals surface area contributed by atoms with E-state index in [1.807, 2.05) is 19.1 Å². The molecule has 0 saturated heterocycles. The minimum absolute atomic E-state index is 0.0147. The summed E-state index contributed by atoms with van der Waals surface area (Å²) in [6.07, 6.45) is 0. The number of carbonyl (C=O) groups excluding carboxylic acids is 1. The number of rotatable bonds is 9. The number of nitro groups is 1. The smallest absolute Gasteiger partial charge is 0.339 e. The van der Waals surface area contributed by atoms with Crippen molar-refractivity contribution in [2.24, 2.45) is 10.2 Å². The van der Waals surface area contributed by atoms with Crippen LogP contribution in [-0.2, 0) is 10.1 Å². The second kappa shape index (κ2) is 12.2. The molecule has 1 amide bonds. The molecule has 0 atom stereocenters. The van der Waals surface area contributed by atoms with Crippen LogP contribution >= 0.6 is 0 Å². The van der Waals surface area contributed by atoms with Crippen LogP contribution in [0, 0.1) is 17.0 Å². The van der Waals surface area contributed by atoms with Gasteiger partial charge >= 0.3 is 10.1 Å². The molecule has 0 heterocycles. The van der Waals surface area contributed by atoms with Gasteiger partial charge in [-0.3, -0.25) is 14.9 Å². The van der Waals surface area contributed by atoms with E-state index in [1.54, 1.807) is 42.5 Å². The van der Waals surface area contributed by atoms with Gasteiger partial charge in [-0.2, -0.15) is 8.42 Å². The fourth-order valence-corrected chi connectivity index (χ4v) is 5.25. The van der Waals surface area contributed by atoms with Crippen LogP contribution in [-0.4, -0.2) is 31.5 Å². The standard InChI is InChI=1S/C31H24N4O8S/c1-19-7-3-6-10-26(19)32-31(37)25-17-20-8-4-5-9-24(20)29(30(25)36)34-33-27-18-23(15-16-28(27)42-2)44(40,41)43-22-13-11-21(12-14-22)35(38)39/h3-18,36H,1-2H3,(H,32,37). The van der Waals surface area contributed by atoms with E-state index < -0.39 is 26.7 Å². The number of aromatic hydroxyl groups is 1. The summed E-state index contributed by atoms with van der Waals surface area (Å²) in [5, 5.41) is 34.4. The van der Waals surface area contributed by atoms with E-state index in [4.69, 9.17) is 8.92 Å². The number of nitrogens with zero attached hydrogens (tertiary/aromatic N) is 3. The Labute approximate surface area is 251 Å². The normalized spacial score (nSPS) is 11.4. The zero-order valence-electron chi connectivity index (χ0n) is 23.3. The molecule has 0 aliphatic carbocycles. The molecule has 0 radical (unpaired) electrons. The highest BCUT2D eigenvalue weighted by Crippen LogP contribution is 2.41. The number of ether oxygens (including phenoxy) is 1. The Morgan fingerprint density at radius 1 is 0.932 bits per heavy atom. The van der Waals surface area contributed by atoms with Gasteiger partial charge in [-0.1, -0.05) is 42.5 Å². The third-order valence-corrected chi connectivity index (χ3v) is 7.83. The molecule has 5 rings (SSSR count). The number of benzene rings is 5. The van der Waals surface area contributed by atoms with Gasteiger partial charge in [-0.25, -0.2) is 0 Å². The number of phenolic OH excluding ortho intramolecular Hbond substituents is 1. The van der Waals surface area contributed by atoms with E-state index in [0.29, 0.717) is 16.5 Å². The highest BCUT2D eigenvalue weighted by molar-refractivity contribution is 7.87. The number of nitrogens with one attached hydrogen (secondary N) is 1. The number of hydrogen-bond donors (Lipinski definition) is 2. The van der Waals surface area contributed by atoms with Crippen LogP contribution in [0.25, 0.3) is 10.8 Å². The predicted molar refractivity (Wildman–Crippen MR) is 163 cm³/mol. The predicted octanol–water partition coefficient (Wildman–Crippen LogP) is 7.21. The minimum atomic E-state index is -4.40. The molecule has 222 valence electrons. The van der Waals surface area contributed by atoms with Crippen molar-refractivity contribution in [1.29, 1.82) is 0 Å². The van der Waals surface area contributed by atoms with Crippen molar-refractivity contribution in [3.8, 4) is 17.2 Å².